The van der Waals surface area contributed by atoms with Gasteiger partial charge in [0.15, 0.2) is 5.11 Å². The van der Waals surface area contributed by atoms with Crippen molar-refractivity contribution in [2.45, 2.75) is 31.1 Å². The zero-order valence-corrected chi connectivity index (χ0v) is 20.6. The molecule has 0 spiro atoms. The molecule has 0 radical (unpaired) electrons. The van der Waals surface area contributed by atoms with Crippen molar-refractivity contribution in [2.75, 3.05) is 38.6 Å². The summed E-state index contributed by atoms with van der Waals surface area (Å²) in [6, 6.07) is 8.47. The van der Waals surface area contributed by atoms with Gasteiger partial charge < -0.3 is 15.0 Å². The number of hydrogen-bond donors (Lipinski definition) is 1. The van der Waals surface area contributed by atoms with Crippen molar-refractivity contribution in [1.29, 1.82) is 0 Å². The highest BCUT2D eigenvalue weighted by atomic mass is 32.2. The molecule has 10 heteroatoms. The molecule has 172 valence electrons. The normalized spacial score (nSPS) is 19.3. The van der Waals surface area contributed by atoms with E-state index in [2.05, 4.69) is 12.2 Å². The number of rotatable bonds is 4. The van der Waals surface area contributed by atoms with Gasteiger partial charge in [-0.15, -0.1) is 11.3 Å². The molecule has 1 aliphatic carbocycles. The lowest BCUT2D eigenvalue weighted by Crippen LogP contribution is -2.51. The fourth-order valence-electron chi connectivity index (χ4n) is 4.21. The maximum absolute atomic E-state index is 12.9. The van der Waals surface area contributed by atoms with Crippen molar-refractivity contribution in [3.63, 3.8) is 0 Å². The van der Waals surface area contributed by atoms with E-state index in [0.29, 0.717) is 47.7 Å². The van der Waals surface area contributed by atoms with E-state index in [0.717, 1.165) is 29.8 Å². The Bertz CT molecular complexity index is 1110. The lowest BCUT2D eigenvalue weighted by molar-refractivity contribution is 0.0600. The molecule has 1 aliphatic heterocycles. The monoisotopic (exact) mass is 493 g/mol. The number of fused-ring (bicyclic) bond motifs is 1. The molecule has 2 aromatic rings. The molecule has 0 amide bonds. The maximum atomic E-state index is 12.9. The Kier molecular flexibility index (Phi) is 6.85. The third-order valence-electron chi connectivity index (χ3n) is 6.03. The van der Waals surface area contributed by atoms with Crippen molar-refractivity contribution >= 4 is 49.7 Å². The molecule has 1 unspecified atom stereocenters. The van der Waals surface area contributed by atoms with E-state index < -0.39 is 10.0 Å². The Labute approximate surface area is 198 Å². The quantitative estimate of drug-likeness (QED) is 0.517. The van der Waals surface area contributed by atoms with Gasteiger partial charge in [-0.1, -0.05) is 25.1 Å². The average molecular weight is 494 g/mol. The second kappa shape index (κ2) is 9.46. The van der Waals surface area contributed by atoms with E-state index in [-0.39, 0.29) is 5.97 Å². The van der Waals surface area contributed by atoms with Gasteiger partial charge in [0.05, 0.1) is 17.6 Å². The highest BCUT2D eigenvalue weighted by molar-refractivity contribution is 7.89. The van der Waals surface area contributed by atoms with Gasteiger partial charge in [0, 0.05) is 31.1 Å². The second-order valence-electron chi connectivity index (χ2n) is 8.18. The lowest BCUT2D eigenvalue weighted by atomic mass is 9.88. The van der Waals surface area contributed by atoms with Crippen LogP contribution in [0.15, 0.2) is 35.2 Å². The average Bonchev–Trinajstić information content (AvgIpc) is 3.15. The standard InChI is InChI=1S/C22H27N3O4S3/c1-15-8-9-17-18(14-15)31-20(19(17)21(26)29-2)23-22(30)24-10-12-25(13-11-24)32(27,28)16-6-4-3-5-7-16/h3-7,15H,8-14H2,1-2H3,(H,23,30). The number of benzene rings is 1. The predicted octanol–water partition coefficient (Wildman–Crippen LogP) is 3.36. The van der Waals surface area contributed by atoms with Crippen LogP contribution in [0.4, 0.5) is 5.00 Å². The van der Waals surface area contributed by atoms with E-state index in [4.69, 9.17) is 17.0 Å². The van der Waals surface area contributed by atoms with Gasteiger partial charge in [-0.2, -0.15) is 4.31 Å². The summed E-state index contributed by atoms with van der Waals surface area (Å²) in [5, 5.41) is 4.48. The van der Waals surface area contributed by atoms with Crippen LogP contribution in [-0.4, -0.2) is 62.0 Å². The van der Waals surface area contributed by atoms with Crippen LogP contribution in [0.25, 0.3) is 0 Å². The van der Waals surface area contributed by atoms with Crippen molar-refractivity contribution in [2.24, 2.45) is 5.92 Å². The summed E-state index contributed by atoms with van der Waals surface area (Å²) in [6.45, 7) is 3.88. The van der Waals surface area contributed by atoms with Crippen molar-refractivity contribution < 1.29 is 17.9 Å². The predicted molar refractivity (Wildman–Crippen MR) is 130 cm³/mol. The molecular formula is C22H27N3O4S3. The van der Waals surface area contributed by atoms with E-state index in [1.165, 1.54) is 16.3 Å². The number of ether oxygens (including phenoxy) is 1. The molecule has 1 saturated heterocycles. The van der Waals surface area contributed by atoms with E-state index in [9.17, 15) is 13.2 Å². The number of thiocarbonyl (C=S) groups is 1. The number of nitrogens with one attached hydrogen (secondary N) is 1. The summed E-state index contributed by atoms with van der Waals surface area (Å²) in [5.41, 5.74) is 1.66. The largest absolute Gasteiger partial charge is 0.465 e. The van der Waals surface area contributed by atoms with Gasteiger partial charge in [-0.3, -0.25) is 0 Å². The minimum Gasteiger partial charge on any atom is -0.465 e. The molecule has 2 aliphatic rings. The first-order valence-electron chi connectivity index (χ1n) is 10.6. The molecule has 2 heterocycles. The Hall–Kier alpha value is -2.01. The number of carbonyl (C=O) groups is 1. The second-order valence-corrected chi connectivity index (χ2v) is 11.6. The fourth-order valence-corrected chi connectivity index (χ4v) is 7.40. The smallest absolute Gasteiger partial charge is 0.341 e. The van der Waals surface area contributed by atoms with Crippen molar-refractivity contribution in [3.8, 4) is 0 Å². The summed E-state index contributed by atoms with van der Waals surface area (Å²) < 4.78 is 32.2. The summed E-state index contributed by atoms with van der Waals surface area (Å²) in [6.07, 6.45) is 2.87. The lowest BCUT2D eigenvalue weighted by Gasteiger charge is -2.35. The molecule has 1 atom stereocenters. The summed E-state index contributed by atoms with van der Waals surface area (Å²) in [7, 11) is -2.12. The number of piperazine rings is 1. The zero-order valence-electron chi connectivity index (χ0n) is 18.2. The van der Waals surface area contributed by atoms with Gasteiger partial charge in [0.25, 0.3) is 0 Å². The first kappa shape index (κ1) is 23.2. The van der Waals surface area contributed by atoms with Gasteiger partial charge >= 0.3 is 5.97 Å². The van der Waals surface area contributed by atoms with Gasteiger partial charge in [-0.05, 0) is 55.1 Å². The summed E-state index contributed by atoms with van der Waals surface area (Å²) in [5.74, 6) is 0.243. The van der Waals surface area contributed by atoms with E-state index >= 15 is 0 Å². The first-order valence-corrected chi connectivity index (χ1v) is 13.3. The van der Waals surface area contributed by atoms with Crippen LogP contribution in [-0.2, 0) is 27.6 Å². The third-order valence-corrected chi connectivity index (χ3v) is 9.47. The minimum atomic E-state index is -3.51. The highest BCUT2D eigenvalue weighted by Crippen LogP contribution is 2.40. The number of carbonyl (C=O) groups excluding carboxylic acids is 1. The molecule has 1 fully saturated rings. The summed E-state index contributed by atoms with van der Waals surface area (Å²) in [4.78, 5) is 16.0. The zero-order chi connectivity index (χ0) is 22.9. The van der Waals surface area contributed by atoms with Crippen LogP contribution in [0, 0.1) is 5.92 Å². The van der Waals surface area contributed by atoms with E-state index in [1.807, 2.05) is 4.90 Å². The van der Waals surface area contributed by atoms with Gasteiger partial charge in [-0.25, -0.2) is 13.2 Å². The molecule has 1 N–H and O–H groups in total. The highest BCUT2D eigenvalue weighted by Gasteiger charge is 2.31. The number of thiophene rings is 1. The van der Waals surface area contributed by atoms with Crippen LogP contribution in [0.1, 0.15) is 34.1 Å². The molecule has 7 nitrogen and oxygen atoms in total. The molecule has 1 aromatic heterocycles. The number of sulfonamides is 1. The van der Waals surface area contributed by atoms with Crippen LogP contribution in [0.3, 0.4) is 0 Å². The number of esters is 1. The number of anilines is 1. The molecule has 1 aromatic carbocycles. The molecular weight excluding hydrogens is 466 g/mol. The van der Waals surface area contributed by atoms with Crippen molar-refractivity contribution in [1.82, 2.24) is 9.21 Å². The first-order chi connectivity index (χ1) is 15.3. The number of methoxy groups -OCH3 is 1. The van der Waals surface area contributed by atoms with Crippen LogP contribution in [0.2, 0.25) is 0 Å². The van der Waals surface area contributed by atoms with Crippen LogP contribution in [0.5, 0.6) is 0 Å². The molecule has 0 saturated carbocycles. The van der Waals surface area contributed by atoms with Crippen molar-refractivity contribution in [3.05, 3.63) is 46.3 Å². The Morgan fingerprint density at radius 3 is 2.53 bits per heavy atom. The Morgan fingerprint density at radius 2 is 1.88 bits per heavy atom. The Balaban J connectivity index is 1.45. The van der Waals surface area contributed by atoms with Gasteiger partial charge in [0.2, 0.25) is 10.0 Å². The Morgan fingerprint density at radius 1 is 1.19 bits per heavy atom. The molecule has 32 heavy (non-hydrogen) atoms. The van der Waals surface area contributed by atoms with Crippen LogP contribution < -0.4 is 5.32 Å². The minimum absolute atomic E-state index is 0.301. The van der Waals surface area contributed by atoms with E-state index in [1.54, 1.807) is 41.7 Å². The fraction of sp³-hybridized carbons (Fsp3) is 0.455. The topological polar surface area (TPSA) is 79.0 Å². The number of nitrogens with zero attached hydrogens (tertiary/aromatic N) is 2. The van der Waals surface area contributed by atoms with Gasteiger partial charge in [0.1, 0.15) is 5.00 Å². The maximum Gasteiger partial charge on any atom is 0.341 e. The van der Waals surface area contributed by atoms with Crippen LogP contribution >= 0.6 is 23.6 Å². The number of hydrogen-bond acceptors (Lipinski definition) is 6. The third kappa shape index (κ3) is 4.54. The summed E-state index contributed by atoms with van der Waals surface area (Å²) >= 11 is 7.20. The molecule has 4 rings (SSSR count). The molecule has 0 bridgehead atoms. The SMILES string of the molecule is COC(=O)c1c(NC(=S)N2CCN(S(=O)(=O)c3ccccc3)CC2)sc2c1CCC(C)C2.